The van der Waals surface area contributed by atoms with Crippen LogP contribution in [-0.2, 0) is 4.74 Å². The summed E-state index contributed by atoms with van der Waals surface area (Å²) >= 11 is 0. The normalized spacial score (nSPS) is 12.9. The maximum Gasteiger partial charge on any atom is 0.128 e. The van der Waals surface area contributed by atoms with Crippen LogP contribution in [0.3, 0.4) is 0 Å². The maximum absolute atomic E-state index is 13.5. The number of hydrogen-bond acceptors (Lipinski definition) is 2. The molecule has 0 saturated heterocycles. The Morgan fingerprint density at radius 2 is 1.89 bits per heavy atom. The van der Waals surface area contributed by atoms with Gasteiger partial charge in [-0.15, -0.1) is 0 Å². The van der Waals surface area contributed by atoms with Crippen LogP contribution >= 0.6 is 0 Å². The first kappa shape index (κ1) is 16.1. The van der Waals surface area contributed by atoms with E-state index in [0.29, 0.717) is 24.6 Å². The number of halogens is 2. The van der Waals surface area contributed by atoms with Crippen LogP contribution in [0.1, 0.15) is 38.8 Å². The van der Waals surface area contributed by atoms with Gasteiger partial charge in [-0.3, -0.25) is 0 Å². The van der Waals surface area contributed by atoms with Gasteiger partial charge in [0, 0.05) is 24.8 Å². The molecule has 2 nitrogen and oxygen atoms in total. The monoisotopic (exact) mass is 271 g/mol. The van der Waals surface area contributed by atoms with Crippen LogP contribution in [0, 0.1) is 17.6 Å². The average molecular weight is 271 g/mol. The molecule has 0 heterocycles. The topological polar surface area (TPSA) is 21.3 Å². The standard InChI is InChI=1S/C15H23F2NO/c1-11(2)6-8-19-9-7-18-12(3)14-10-13(16)4-5-15(14)17/h4-5,10-12,18H,6-9H2,1-3H3. The molecule has 19 heavy (non-hydrogen) atoms. The van der Waals surface area contributed by atoms with Crippen molar-refractivity contribution in [2.75, 3.05) is 19.8 Å². The van der Waals surface area contributed by atoms with Crippen molar-refractivity contribution >= 4 is 0 Å². The van der Waals surface area contributed by atoms with Gasteiger partial charge in [0.2, 0.25) is 0 Å². The van der Waals surface area contributed by atoms with Gasteiger partial charge in [0.05, 0.1) is 6.61 Å². The molecule has 0 aliphatic heterocycles. The van der Waals surface area contributed by atoms with Crippen molar-refractivity contribution in [3.8, 4) is 0 Å². The molecule has 1 N–H and O–H groups in total. The first-order valence-corrected chi connectivity index (χ1v) is 6.76. The summed E-state index contributed by atoms with van der Waals surface area (Å²) in [7, 11) is 0. The molecule has 0 aliphatic rings. The van der Waals surface area contributed by atoms with E-state index in [0.717, 1.165) is 25.2 Å². The van der Waals surface area contributed by atoms with Crippen molar-refractivity contribution in [1.29, 1.82) is 0 Å². The lowest BCUT2D eigenvalue weighted by Crippen LogP contribution is -2.24. The molecular weight excluding hydrogens is 248 g/mol. The van der Waals surface area contributed by atoms with Gasteiger partial charge in [-0.2, -0.15) is 0 Å². The summed E-state index contributed by atoms with van der Waals surface area (Å²) in [6, 6.07) is 3.28. The molecule has 1 rings (SSSR count). The Bertz CT molecular complexity index is 382. The quantitative estimate of drug-likeness (QED) is 0.728. The molecule has 0 bridgehead atoms. The Balaban J connectivity index is 2.27. The highest BCUT2D eigenvalue weighted by Gasteiger charge is 2.11. The molecule has 0 amide bonds. The lowest BCUT2D eigenvalue weighted by molar-refractivity contribution is 0.123. The lowest BCUT2D eigenvalue weighted by atomic mass is 10.1. The first-order valence-electron chi connectivity index (χ1n) is 6.76. The molecule has 0 spiro atoms. The Morgan fingerprint density at radius 1 is 1.16 bits per heavy atom. The number of ether oxygens (including phenoxy) is 1. The van der Waals surface area contributed by atoms with E-state index in [2.05, 4.69) is 19.2 Å². The third kappa shape index (κ3) is 6.12. The molecular formula is C15H23F2NO. The molecule has 1 unspecified atom stereocenters. The van der Waals surface area contributed by atoms with Gasteiger partial charge in [-0.1, -0.05) is 13.8 Å². The third-order valence-corrected chi connectivity index (χ3v) is 2.96. The maximum atomic E-state index is 13.5. The van der Waals surface area contributed by atoms with Crippen molar-refractivity contribution in [3.05, 3.63) is 35.4 Å². The van der Waals surface area contributed by atoms with E-state index in [1.54, 1.807) is 0 Å². The van der Waals surface area contributed by atoms with E-state index in [9.17, 15) is 8.78 Å². The smallest absolute Gasteiger partial charge is 0.128 e. The molecule has 1 aromatic carbocycles. The highest BCUT2D eigenvalue weighted by Crippen LogP contribution is 2.17. The van der Waals surface area contributed by atoms with Gasteiger partial charge < -0.3 is 10.1 Å². The number of nitrogens with one attached hydrogen (secondary N) is 1. The molecule has 108 valence electrons. The zero-order valence-corrected chi connectivity index (χ0v) is 11.9. The van der Waals surface area contributed by atoms with Crippen LogP contribution in [0.15, 0.2) is 18.2 Å². The minimum absolute atomic E-state index is 0.232. The summed E-state index contributed by atoms with van der Waals surface area (Å²) in [5.41, 5.74) is 0.349. The van der Waals surface area contributed by atoms with Gasteiger partial charge in [-0.05, 0) is 37.5 Å². The van der Waals surface area contributed by atoms with Crippen molar-refractivity contribution in [3.63, 3.8) is 0 Å². The lowest BCUT2D eigenvalue weighted by Gasteiger charge is -2.15. The highest BCUT2D eigenvalue weighted by atomic mass is 19.1. The summed E-state index contributed by atoms with van der Waals surface area (Å²) < 4.78 is 32.0. The number of benzene rings is 1. The molecule has 0 aromatic heterocycles. The van der Waals surface area contributed by atoms with Crippen molar-refractivity contribution in [2.45, 2.75) is 33.2 Å². The van der Waals surface area contributed by atoms with E-state index in [-0.39, 0.29) is 11.9 Å². The van der Waals surface area contributed by atoms with E-state index >= 15 is 0 Å². The zero-order valence-electron chi connectivity index (χ0n) is 11.9. The molecule has 0 aliphatic carbocycles. The highest BCUT2D eigenvalue weighted by molar-refractivity contribution is 5.21. The van der Waals surface area contributed by atoms with Gasteiger partial charge in [0.1, 0.15) is 11.6 Å². The van der Waals surface area contributed by atoms with Crippen LogP contribution in [0.5, 0.6) is 0 Å². The van der Waals surface area contributed by atoms with Crippen LogP contribution in [0.2, 0.25) is 0 Å². The Hall–Kier alpha value is -1.00. The van der Waals surface area contributed by atoms with E-state index in [1.165, 1.54) is 6.07 Å². The first-order chi connectivity index (χ1) is 9.00. The second-order valence-corrected chi connectivity index (χ2v) is 5.14. The minimum Gasteiger partial charge on any atom is -0.380 e. The number of hydrogen-bond donors (Lipinski definition) is 1. The summed E-state index contributed by atoms with van der Waals surface area (Å²) in [6.07, 6.45) is 1.04. The molecule has 0 radical (unpaired) electrons. The largest absolute Gasteiger partial charge is 0.380 e. The average Bonchev–Trinajstić information content (AvgIpc) is 2.36. The fourth-order valence-corrected chi connectivity index (χ4v) is 1.73. The van der Waals surface area contributed by atoms with Crippen LogP contribution in [0.25, 0.3) is 0 Å². The molecule has 0 fully saturated rings. The van der Waals surface area contributed by atoms with Crippen molar-refractivity contribution in [1.82, 2.24) is 5.32 Å². The van der Waals surface area contributed by atoms with Crippen LogP contribution in [0.4, 0.5) is 8.78 Å². The summed E-state index contributed by atoms with van der Waals surface area (Å²) in [5, 5.41) is 3.12. The third-order valence-electron chi connectivity index (χ3n) is 2.96. The summed E-state index contributed by atoms with van der Waals surface area (Å²) in [5.74, 6) is -0.173. The molecule has 0 saturated carbocycles. The Kier molecular flexibility index (Phi) is 6.95. The van der Waals surface area contributed by atoms with E-state index in [4.69, 9.17) is 4.74 Å². The molecule has 1 atom stereocenters. The van der Waals surface area contributed by atoms with Crippen molar-refractivity contribution in [2.24, 2.45) is 5.92 Å². The second-order valence-electron chi connectivity index (χ2n) is 5.14. The fourth-order valence-electron chi connectivity index (χ4n) is 1.73. The molecule has 1 aromatic rings. The SMILES string of the molecule is CC(C)CCOCCNC(C)c1cc(F)ccc1F. The van der Waals surface area contributed by atoms with Gasteiger partial charge in [-0.25, -0.2) is 8.78 Å². The van der Waals surface area contributed by atoms with Crippen LogP contribution in [-0.4, -0.2) is 19.8 Å². The Morgan fingerprint density at radius 3 is 2.58 bits per heavy atom. The zero-order chi connectivity index (χ0) is 14.3. The van der Waals surface area contributed by atoms with Gasteiger partial charge in [0.25, 0.3) is 0 Å². The minimum atomic E-state index is -0.418. The van der Waals surface area contributed by atoms with E-state index < -0.39 is 5.82 Å². The molecule has 4 heteroatoms. The summed E-state index contributed by atoms with van der Waals surface area (Å²) in [6.45, 7) is 8.05. The summed E-state index contributed by atoms with van der Waals surface area (Å²) in [4.78, 5) is 0. The Labute approximate surface area is 114 Å². The van der Waals surface area contributed by atoms with Gasteiger partial charge >= 0.3 is 0 Å². The number of rotatable bonds is 8. The van der Waals surface area contributed by atoms with Crippen LogP contribution < -0.4 is 5.32 Å². The van der Waals surface area contributed by atoms with Crippen molar-refractivity contribution < 1.29 is 13.5 Å². The second kappa shape index (κ2) is 8.23. The van der Waals surface area contributed by atoms with Gasteiger partial charge in [0.15, 0.2) is 0 Å². The fraction of sp³-hybridized carbons (Fsp3) is 0.600. The van der Waals surface area contributed by atoms with E-state index in [1.807, 2.05) is 6.92 Å². The predicted molar refractivity (Wildman–Crippen MR) is 73.0 cm³/mol. The predicted octanol–water partition coefficient (Wildman–Crippen LogP) is 3.68.